The summed E-state index contributed by atoms with van der Waals surface area (Å²) in [6.45, 7) is 2.08. The van der Waals surface area contributed by atoms with Crippen LogP contribution in [0.2, 0.25) is 0 Å². The summed E-state index contributed by atoms with van der Waals surface area (Å²) in [7, 11) is 0. The van der Waals surface area contributed by atoms with E-state index in [4.69, 9.17) is 5.11 Å². The van der Waals surface area contributed by atoms with Crippen molar-refractivity contribution in [3.63, 3.8) is 0 Å². The largest absolute Gasteiger partial charge is 0.477 e. The van der Waals surface area contributed by atoms with E-state index in [1.165, 1.54) is 0 Å². The zero-order chi connectivity index (χ0) is 17.1. The van der Waals surface area contributed by atoms with Crippen LogP contribution in [0.1, 0.15) is 31.2 Å². The summed E-state index contributed by atoms with van der Waals surface area (Å²) in [5, 5.41) is 13.6. The van der Waals surface area contributed by atoms with Gasteiger partial charge in [0.15, 0.2) is 0 Å². The Labute approximate surface area is 143 Å². The summed E-state index contributed by atoms with van der Waals surface area (Å²) >= 11 is 1.16. The van der Waals surface area contributed by atoms with E-state index in [9.17, 15) is 9.59 Å². The van der Waals surface area contributed by atoms with Crippen LogP contribution in [0.25, 0.3) is 5.69 Å². The van der Waals surface area contributed by atoms with Gasteiger partial charge in [-0.15, -0.1) is 11.3 Å². The molecular formula is C18H16N2O3S. The van der Waals surface area contributed by atoms with Gasteiger partial charge in [-0.3, -0.25) is 4.79 Å². The molecule has 5 nitrogen and oxygen atoms in total. The van der Waals surface area contributed by atoms with Crippen LogP contribution in [-0.2, 0) is 6.54 Å². The number of hydrogen-bond acceptors (Lipinski definition) is 3. The lowest BCUT2D eigenvalue weighted by Gasteiger charge is -2.10. The third kappa shape index (κ3) is 3.23. The molecule has 0 aliphatic rings. The van der Waals surface area contributed by atoms with Gasteiger partial charge in [-0.25, -0.2) is 4.79 Å². The monoisotopic (exact) mass is 340 g/mol. The molecule has 0 spiro atoms. The minimum absolute atomic E-state index is 0.197. The number of hydrogen-bond donors (Lipinski definition) is 2. The Bertz CT molecular complexity index is 882. The van der Waals surface area contributed by atoms with E-state index in [0.717, 1.165) is 22.6 Å². The van der Waals surface area contributed by atoms with Crippen molar-refractivity contribution in [3.05, 3.63) is 75.7 Å². The van der Waals surface area contributed by atoms with Gasteiger partial charge < -0.3 is 15.0 Å². The summed E-state index contributed by atoms with van der Waals surface area (Å²) in [6, 6.07) is 11.2. The Morgan fingerprint density at radius 2 is 1.96 bits per heavy atom. The van der Waals surface area contributed by atoms with Crippen LogP contribution in [0.15, 0.2) is 54.2 Å². The fourth-order valence-corrected chi connectivity index (χ4v) is 3.26. The number of rotatable bonds is 5. The second kappa shape index (κ2) is 6.72. The molecule has 0 aliphatic carbocycles. The quantitative estimate of drug-likeness (QED) is 0.747. The first-order valence-electron chi connectivity index (χ1n) is 7.38. The third-order valence-corrected chi connectivity index (χ3v) is 4.68. The van der Waals surface area contributed by atoms with Crippen molar-refractivity contribution in [1.29, 1.82) is 0 Å². The minimum Gasteiger partial charge on any atom is -0.477 e. The molecule has 24 heavy (non-hydrogen) atoms. The molecule has 1 amide bonds. The second-order valence-corrected chi connectivity index (χ2v) is 6.27. The van der Waals surface area contributed by atoms with Crippen molar-refractivity contribution in [2.45, 2.75) is 13.5 Å². The molecule has 3 aromatic rings. The maximum absolute atomic E-state index is 12.4. The standard InChI is InChI=1S/C18H16N2O3S/c1-12-10-14(20-7-2-3-8-20)4-5-15(12)17(21)19-11-13-6-9-24-16(13)18(22)23/h2-10H,11H2,1H3,(H,19,21)(H,22,23). The zero-order valence-electron chi connectivity index (χ0n) is 13.0. The van der Waals surface area contributed by atoms with Crippen molar-refractivity contribution in [2.24, 2.45) is 0 Å². The van der Waals surface area contributed by atoms with Crippen molar-refractivity contribution >= 4 is 23.2 Å². The average molecular weight is 340 g/mol. The molecule has 0 unspecified atom stereocenters. The van der Waals surface area contributed by atoms with E-state index in [0.29, 0.717) is 11.1 Å². The second-order valence-electron chi connectivity index (χ2n) is 5.35. The fraction of sp³-hybridized carbons (Fsp3) is 0.111. The molecule has 6 heteroatoms. The molecule has 3 rings (SSSR count). The number of carboxylic acids is 1. The first-order valence-corrected chi connectivity index (χ1v) is 8.26. The fourth-order valence-electron chi connectivity index (χ4n) is 2.50. The van der Waals surface area contributed by atoms with Gasteiger partial charge in [0.25, 0.3) is 5.91 Å². The summed E-state index contributed by atoms with van der Waals surface area (Å²) in [4.78, 5) is 23.7. The number of aryl methyl sites for hydroxylation is 1. The molecule has 122 valence electrons. The molecule has 0 saturated heterocycles. The van der Waals surface area contributed by atoms with Crippen LogP contribution in [-0.4, -0.2) is 21.6 Å². The van der Waals surface area contributed by atoms with Gasteiger partial charge in [0.2, 0.25) is 0 Å². The molecule has 0 bridgehead atoms. The Morgan fingerprint density at radius 1 is 1.21 bits per heavy atom. The van der Waals surface area contributed by atoms with E-state index in [-0.39, 0.29) is 17.3 Å². The van der Waals surface area contributed by atoms with Crippen molar-refractivity contribution < 1.29 is 14.7 Å². The number of thiophene rings is 1. The molecule has 2 heterocycles. The Hall–Kier alpha value is -2.86. The molecular weight excluding hydrogens is 324 g/mol. The number of aromatic carboxylic acids is 1. The van der Waals surface area contributed by atoms with E-state index in [1.807, 2.05) is 48.1 Å². The van der Waals surface area contributed by atoms with Gasteiger partial charge in [0, 0.05) is 30.2 Å². The predicted molar refractivity (Wildman–Crippen MR) is 93.0 cm³/mol. The molecule has 0 saturated carbocycles. The van der Waals surface area contributed by atoms with Crippen molar-refractivity contribution in [1.82, 2.24) is 9.88 Å². The number of carbonyl (C=O) groups is 2. The number of amides is 1. The van der Waals surface area contributed by atoms with Crippen LogP contribution < -0.4 is 5.32 Å². The Morgan fingerprint density at radius 3 is 2.62 bits per heavy atom. The zero-order valence-corrected chi connectivity index (χ0v) is 13.8. The highest BCUT2D eigenvalue weighted by molar-refractivity contribution is 7.12. The lowest BCUT2D eigenvalue weighted by molar-refractivity contribution is 0.0700. The van der Waals surface area contributed by atoms with Gasteiger partial charge >= 0.3 is 5.97 Å². The van der Waals surface area contributed by atoms with Crippen LogP contribution in [0, 0.1) is 6.92 Å². The van der Waals surface area contributed by atoms with E-state index in [2.05, 4.69) is 5.32 Å². The molecule has 2 N–H and O–H groups in total. The van der Waals surface area contributed by atoms with Crippen LogP contribution in [0.5, 0.6) is 0 Å². The topological polar surface area (TPSA) is 71.3 Å². The average Bonchev–Trinajstić information content (AvgIpc) is 3.23. The van der Waals surface area contributed by atoms with Gasteiger partial charge in [0.1, 0.15) is 4.88 Å². The van der Waals surface area contributed by atoms with E-state index >= 15 is 0 Å². The maximum atomic E-state index is 12.4. The number of nitrogens with one attached hydrogen (secondary N) is 1. The van der Waals surface area contributed by atoms with Gasteiger partial charge in [-0.05, 0) is 59.8 Å². The maximum Gasteiger partial charge on any atom is 0.346 e. The van der Waals surface area contributed by atoms with Gasteiger partial charge in [0.05, 0.1) is 0 Å². The first-order chi connectivity index (χ1) is 11.6. The summed E-state index contributed by atoms with van der Waals surface area (Å²) < 4.78 is 1.97. The normalized spacial score (nSPS) is 10.5. The molecule has 2 aromatic heterocycles. The predicted octanol–water partition coefficient (Wildman–Crippen LogP) is 3.48. The highest BCUT2D eigenvalue weighted by Crippen LogP contribution is 2.18. The molecule has 1 aromatic carbocycles. The van der Waals surface area contributed by atoms with Crippen LogP contribution >= 0.6 is 11.3 Å². The lowest BCUT2D eigenvalue weighted by Crippen LogP contribution is -2.24. The number of carbonyl (C=O) groups excluding carboxylic acids is 1. The highest BCUT2D eigenvalue weighted by atomic mass is 32.1. The smallest absolute Gasteiger partial charge is 0.346 e. The SMILES string of the molecule is Cc1cc(-n2cccc2)ccc1C(=O)NCc1ccsc1C(=O)O. The van der Waals surface area contributed by atoms with E-state index < -0.39 is 5.97 Å². The molecule has 0 atom stereocenters. The van der Waals surface area contributed by atoms with Gasteiger partial charge in [-0.2, -0.15) is 0 Å². The van der Waals surface area contributed by atoms with Crippen LogP contribution in [0.4, 0.5) is 0 Å². The summed E-state index contributed by atoms with van der Waals surface area (Å²) in [5.74, 6) is -1.18. The molecule has 0 radical (unpaired) electrons. The molecule has 0 aliphatic heterocycles. The summed E-state index contributed by atoms with van der Waals surface area (Å²) in [5.41, 5.74) is 3.04. The van der Waals surface area contributed by atoms with E-state index in [1.54, 1.807) is 17.5 Å². The third-order valence-electron chi connectivity index (χ3n) is 3.74. The minimum atomic E-state index is -0.971. The lowest BCUT2D eigenvalue weighted by atomic mass is 10.1. The Kier molecular flexibility index (Phi) is 4.48. The van der Waals surface area contributed by atoms with Crippen molar-refractivity contribution in [2.75, 3.05) is 0 Å². The molecule has 0 fully saturated rings. The first kappa shape index (κ1) is 16.0. The van der Waals surface area contributed by atoms with Gasteiger partial charge in [-0.1, -0.05) is 0 Å². The highest BCUT2D eigenvalue weighted by Gasteiger charge is 2.14. The Balaban J connectivity index is 1.73. The van der Waals surface area contributed by atoms with Crippen molar-refractivity contribution in [3.8, 4) is 5.69 Å². The number of aromatic nitrogens is 1. The number of benzene rings is 1. The summed E-state index contributed by atoms with van der Waals surface area (Å²) in [6.07, 6.45) is 3.89. The van der Waals surface area contributed by atoms with Crippen LogP contribution in [0.3, 0.4) is 0 Å². The number of nitrogens with zero attached hydrogens (tertiary/aromatic N) is 1. The number of carboxylic acid groups (broad SMARTS) is 1.